The van der Waals surface area contributed by atoms with Crippen LogP contribution in [0.15, 0.2) is 54.7 Å². The number of carbonyl (C=O) groups is 1. The number of halogens is 1. The van der Waals surface area contributed by atoms with Crippen molar-refractivity contribution in [2.75, 3.05) is 0 Å². The molecule has 0 fully saturated rings. The molecule has 5 heteroatoms. The number of pyridine rings is 1. The number of aromatic carboxylic acids is 1. The third-order valence-corrected chi connectivity index (χ3v) is 2.99. The van der Waals surface area contributed by atoms with E-state index >= 15 is 0 Å². The zero-order valence-electron chi connectivity index (χ0n) is 10.8. The molecule has 0 aliphatic carbocycles. The summed E-state index contributed by atoms with van der Waals surface area (Å²) in [7, 11) is 0. The second-order valence-corrected chi connectivity index (χ2v) is 4.38. The summed E-state index contributed by atoms with van der Waals surface area (Å²) in [4.78, 5) is 15.0. The molecule has 1 aromatic heterocycles. The maximum absolute atomic E-state index is 13.9. The van der Waals surface area contributed by atoms with Crippen molar-refractivity contribution >= 4 is 16.9 Å². The Labute approximate surface area is 119 Å². The van der Waals surface area contributed by atoms with E-state index in [2.05, 4.69) is 4.98 Å². The normalized spacial score (nSPS) is 10.5. The Morgan fingerprint density at radius 3 is 2.67 bits per heavy atom. The van der Waals surface area contributed by atoms with Crippen LogP contribution in [0.3, 0.4) is 0 Å². The lowest BCUT2D eigenvalue weighted by molar-refractivity contribution is 0.0696. The van der Waals surface area contributed by atoms with Crippen molar-refractivity contribution in [2.24, 2.45) is 0 Å². The molecule has 0 unspecified atom stereocenters. The third kappa shape index (κ3) is 2.53. The van der Waals surface area contributed by atoms with E-state index in [1.54, 1.807) is 24.4 Å². The van der Waals surface area contributed by atoms with Crippen molar-refractivity contribution in [3.63, 3.8) is 0 Å². The van der Waals surface area contributed by atoms with Crippen LogP contribution in [-0.4, -0.2) is 16.1 Å². The van der Waals surface area contributed by atoms with Gasteiger partial charge in [0.2, 0.25) is 0 Å². The van der Waals surface area contributed by atoms with Crippen LogP contribution in [0.2, 0.25) is 0 Å². The van der Waals surface area contributed by atoms with Crippen LogP contribution in [0.25, 0.3) is 10.9 Å². The molecular formula is C16H10FNO3. The zero-order valence-corrected chi connectivity index (χ0v) is 10.8. The highest BCUT2D eigenvalue weighted by Crippen LogP contribution is 2.30. The minimum Gasteiger partial charge on any atom is -0.478 e. The van der Waals surface area contributed by atoms with E-state index in [0.717, 1.165) is 11.5 Å². The number of para-hydroxylation sites is 1. The fourth-order valence-corrected chi connectivity index (χ4v) is 1.99. The van der Waals surface area contributed by atoms with E-state index in [-0.39, 0.29) is 11.3 Å². The third-order valence-electron chi connectivity index (χ3n) is 2.99. The molecule has 3 aromatic rings. The van der Waals surface area contributed by atoms with Crippen LogP contribution in [0, 0.1) is 5.82 Å². The van der Waals surface area contributed by atoms with Crippen molar-refractivity contribution in [2.45, 2.75) is 0 Å². The molecule has 0 amide bonds. The monoisotopic (exact) mass is 283 g/mol. The molecular weight excluding hydrogens is 273 g/mol. The molecule has 0 saturated heterocycles. The summed E-state index contributed by atoms with van der Waals surface area (Å²) in [6, 6.07) is 12.5. The Morgan fingerprint density at radius 1 is 1.10 bits per heavy atom. The fraction of sp³-hybridized carbons (Fsp3) is 0. The van der Waals surface area contributed by atoms with Gasteiger partial charge in [0.05, 0.1) is 5.56 Å². The number of hydrogen-bond acceptors (Lipinski definition) is 3. The second kappa shape index (κ2) is 5.20. The highest BCUT2D eigenvalue weighted by molar-refractivity contribution is 5.88. The maximum atomic E-state index is 13.9. The highest BCUT2D eigenvalue weighted by atomic mass is 19.1. The second-order valence-electron chi connectivity index (χ2n) is 4.38. The Bertz CT molecular complexity index is 827. The first kappa shape index (κ1) is 13.1. The molecule has 3 rings (SSSR count). The molecule has 0 aliphatic rings. The van der Waals surface area contributed by atoms with Gasteiger partial charge in [0.25, 0.3) is 0 Å². The molecule has 0 aliphatic heterocycles. The first-order valence-electron chi connectivity index (χ1n) is 6.19. The van der Waals surface area contributed by atoms with Gasteiger partial charge in [-0.1, -0.05) is 18.2 Å². The molecule has 0 bridgehead atoms. The van der Waals surface area contributed by atoms with Crippen LogP contribution in [0.5, 0.6) is 11.5 Å². The summed E-state index contributed by atoms with van der Waals surface area (Å²) in [5.41, 5.74) is 0.484. The summed E-state index contributed by atoms with van der Waals surface area (Å²) in [5, 5.41) is 9.69. The number of nitrogens with zero attached hydrogens (tertiary/aromatic N) is 1. The van der Waals surface area contributed by atoms with E-state index in [0.29, 0.717) is 11.3 Å². The fourth-order valence-electron chi connectivity index (χ4n) is 1.99. The van der Waals surface area contributed by atoms with E-state index in [4.69, 9.17) is 9.84 Å². The van der Waals surface area contributed by atoms with Gasteiger partial charge < -0.3 is 9.84 Å². The molecule has 1 N–H and O–H groups in total. The Balaban J connectivity index is 2.01. The quantitative estimate of drug-likeness (QED) is 0.792. The first-order valence-corrected chi connectivity index (χ1v) is 6.19. The molecule has 104 valence electrons. The van der Waals surface area contributed by atoms with Crippen LogP contribution in [-0.2, 0) is 0 Å². The van der Waals surface area contributed by atoms with E-state index in [1.165, 1.54) is 12.1 Å². The number of hydrogen-bond donors (Lipinski definition) is 1. The summed E-state index contributed by atoms with van der Waals surface area (Å²) >= 11 is 0. The number of carboxylic acid groups (broad SMARTS) is 1. The number of ether oxygens (including phenoxy) is 1. The smallest absolute Gasteiger partial charge is 0.335 e. The van der Waals surface area contributed by atoms with Crippen LogP contribution in [0.4, 0.5) is 4.39 Å². The van der Waals surface area contributed by atoms with Crippen LogP contribution in [0.1, 0.15) is 10.4 Å². The number of rotatable bonds is 3. The van der Waals surface area contributed by atoms with Gasteiger partial charge in [0.15, 0.2) is 17.3 Å². The maximum Gasteiger partial charge on any atom is 0.335 e. The lowest BCUT2D eigenvalue weighted by Crippen LogP contribution is -1.98. The molecule has 21 heavy (non-hydrogen) atoms. The predicted octanol–water partition coefficient (Wildman–Crippen LogP) is 3.86. The van der Waals surface area contributed by atoms with Gasteiger partial charge in [0, 0.05) is 11.6 Å². The zero-order chi connectivity index (χ0) is 14.8. The average Bonchev–Trinajstić information content (AvgIpc) is 2.49. The lowest BCUT2D eigenvalue weighted by atomic mass is 10.2. The van der Waals surface area contributed by atoms with Gasteiger partial charge >= 0.3 is 5.97 Å². The Hall–Kier alpha value is -2.95. The molecule has 0 radical (unpaired) electrons. The van der Waals surface area contributed by atoms with Crippen molar-refractivity contribution in [1.29, 1.82) is 0 Å². The molecule has 0 atom stereocenters. The molecule has 1 heterocycles. The standard InChI is InChI=1S/C16H10FNO3/c17-12-9-11(16(19)20)6-7-13(12)21-14-5-1-3-10-4-2-8-18-15(10)14/h1-9H,(H,19,20). The molecule has 0 spiro atoms. The molecule has 2 aromatic carbocycles. The van der Waals surface area contributed by atoms with Gasteiger partial charge in [-0.15, -0.1) is 0 Å². The SMILES string of the molecule is O=C(O)c1ccc(Oc2cccc3cccnc23)c(F)c1. The summed E-state index contributed by atoms with van der Waals surface area (Å²) in [6.45, 7) is 0. The average molecular weight is 283 g/mol. The van der Waals surface area contributed by atoms with Crippen molar-refractivity contribution < 1.29 is 19.0 Å². The topological polar surface area (TPSA) is 59.4 Å². The summed E-state index contributed by atoms with van der Waals surface area (Å²) < 4.78 is 19.4. The summed E-state index contributed by atoms with van der Waals surface area (Å²) in [6.07, 6.45) is 1.62. The number of fused-ring (bicyclic) bond motifs is 1. The molecule has 4 nitrogen and oxygen atoms in total. The lowest BCUT2D eigenvalue weighted by Gasteiger charge is -2.09. The largest absolute Gasteiger partial charge is 0.478 e. The highest BCUT2D eigenvalue weighted by Gasteiger charge is 2.11. The van der Waals surface area contributed by atoms with E-state index in [9.17, 15) is 9.18 Å². The first-order chi connectivity index (χ1) is 10.1. The molecule has 0 saturated carbocycles. The van der Waals surface area contributed by atoms with Crippen LogP contribution < -0.4 is 4.74 Å². The van der Waals surface area contributed by atoms with Gasteiger partial charge in [-0.3, -0.25) is 4.98 Å². The van der Waals surface area contributed by atoms with Gasteiger partial charge in [-0.2, -0.15) is 0 Å². The number of carboxylic acids is 1. The van der Waals surface area contributed by atoms with Gasteiger partial charge in [-0.25, -0.2) is 9.18 Å². The van der Waals surface area contributed by atoms with Crippen LogP contribution >= 0.6 is 0 Å². The van der Waals surface area contributed by atoms with Crippen molar-refractivity contribution in [3.05, 3.63) is 66.1 Å². The van der Waals surface area contributed by atoms with Crippen molar-refractivity contribution in [3.8, 4) is 11.5 Å². The van der Waals surface area contributed by atoms with E-state index in [1.807, 2.05) is 12.1 Å². The minimum atomic E-state index is -1.19. The predicted molar refractivity (Wildman–Crippen MR) is 75.2 cm³/mol. The Morgan fingerprint density at radius 2 is 1.90 bits per heavy atom. The van der Waals surface area contributed by atoms with E-state index < -0.39 is 11.8 Å². The minimum absolute atomic E-state index is 0.0434. The number of aromatic nitrogens is 1. The Kier molecular flexibility index (Phi) is 3.23. The summed E-state index contributed by atoms with van der Waals surface area (Å²) in [5.74, 6) is -1.55. The van der Waals surface area contributed by atoms with Gasteiger partial charge in [0.1, 0.15) is 5.52 Å². The van der Waals surface area contributed by atoms with Gasteiger partial charge in [-0.05, 0) is 30.3 Å². The number of benzene rings is 2. The van der Waals surface area contributed by atoms with Crippen molar-refractivity contribution in [1.82, 2.24) is 4.98 Å².